The molecule has 1 fully saturated rings. The van der Waals surface area contributed by atoms with Crippen LogP contribution in [0.2, 0.25) is 0 Å². The summed E-state index contributed by atoms with van der Waals surface area (Å²) in [6.45, 7) is 3.76. The monoisotopic (exact) mass is 281 g/mol. The van der Waals surface area contributed by atoms with Crippen LogP contribution in [-0.2, 0) is 13.1 Å². The minimum absolute atomic E-state index is 0.195. The summed E-state index contributed by atoms with van der Waals surface area (Å²) in [5.74, 6) is 0. The van der Waals surface area contributed by atoms with Gasteiger partial charge in [-0.25, -0.2) is 0 Å². The fourth-order valence-electron chi connectivity index (χ4n) is 2.76. The SMILES string of the molecule is CN(CCNCc1cn(CCCO)nn1)C1CCCC1. The molecule has 114 valence electrons. The van der Waals surface area contributed by atoms with Gasteiger partial charge >= 0.3 is 0 Å². The Hall–Kier alpha value is -0.980. The van der Waals surface area contributed by atoms with E-state index < -0.39 is 0 Å². The average molecular weight is 281 g/mol. The van der Waals surface area contributed by atoms with Crippen LogP contribution in [0.15, 0.2) is 6.20 Å². The molecule has 0 bridgehead atoms. The topological polar surface area (TPSA) is 66.2 Å². The first-order valence-electron chi connectivity index (χ1n) is 7.70. The minimum Gasteiger partial charge on any atom is -0.396 e. The van der Waals surface area contributed by atoms with Gasteiger partial charge < -0.3 is 15.3 Å². The second-order valence-corrected chi connectivity index (χ2v) is 5.65. The number of aryl methyl sites for hydroxylation is 1. The number of aromatic nitrogens is 3. The van der Waals surface area contributed by atoms with E-state index in [-0.39, 0.29) is 6.61 Å². The maximum absolute atomic E-state index is 8.77. The maximum atomic E-state index is 8.77. The number of rotatable bonds is 9. The van der Waals surface area contributed by atoms with Gasteiger partial charge in [0.2, 0.25) is 0 Å². The molecule has 0 spiro atoms. The summed E-state index contributed by atoms with van der Waals surface area (Å²) in [4.78, 5) is 2.47. The third kappa shape index (κ3) is 4.85. The Bertz CT molecular complexity index is 375. The third-order valence-corrected chi connectivity index (χ3v) is 4.03. The first-order valence-corrected chi connectivity index (χ1v) is 7.70. The maximum Gasteiger partial charge on any atom is 0.0964 e. The highest BCUT2D eigenvalue weighted by Gasteiger charge is 2.18. The molecule has 1 aromatic heterocycles. The van der Waals surface area contributed by atoms with Crippen LogP contribution in [0.5, 0.6) is 0 Å². The van der Waals surface area contributed by atoms with Crippen LogP contribution in [0.25, 0.3) is 0 Å². The van der Waals surface area contributed by atoms with E-state index in [2.05, 4.69) is 27.6 Å². The van der Waals surface area contributed by atoms with Gasteiger partial charge in [-0.3, -0.25) is 4.68 Å². The standard InChI is InChI=1S/C14H27N5O/c1-18(14-5-2-3-6-14)9-7-15-11-13-12-19(17-16-13)8-4-10-20/h12,14-15,20H,2-11H2,1H3. The molecule has 6 heteroatoms. The van der Waals surface area contributed by atoms with Crippen molar-refractivity contribution in [2.45, 2.75) is 51.2 Å². The highest BCUT2D eigenvalue weighted by atomic mass is 16.3. The highest BCUT2D eigenvalue weighted by molar-refractivity contribution is 4.91. The Labute approximate surface area is 121 Å². The second-order valence-electron chi connectivity index (χ2n) is 5.65. The summed E-state index contributed by atoms with van der Waals surface area (Å²) in [6.07, 6.45) is 8.16. The second kappa shape index (κ2) is 8.34. The summed E-state index contributed by atoms with van der Waals surface area (Å²) < 4.78 is 1.79. The van der Waals surface area contributed by atoms with E-state index in [0.29, 0.717) is 0 Å². The largest absolute Gasteiger partial charge is 0.396 e. The number of hydrogen-bond donors (Lipinski definition) is 2. The van der Waals surface area contributed by atoms with E-state index >= 15 is 0 Å². The lowest BCUT2D eigenvalue weighted by atomic mass is 10.2. The van der Waals surface area contributed by atoms with Crippen LogP contribution in [0.1, 0.15) is 37.8 Å². The van der Waals surface area contributed by atoms with Crippen molar-refractivity contribution >= 4 is 0 Å². The first-order chi connectivity index (χ1) is 9.79. The average Bonchev–Trinajstić information content (AvgIpc) is 3.12. The van der Waals surface area contributed by atoms with E-state index in [0.717, 1.165) is 44.3 Å². The summed E-state index contributed by atoms with van der Waals surface area (Å²) in [7, 11) is 2.23. The minimum atomic E-state index is 0.195. The lowest BCUT2D eigenvalue weighted by Crippen LogP contribution is -2.35. The molecule has 0 aliphatic heterocycles. The van der Waals surface area contributed by atoms with Crippen LogP contribution in [0.4, 0.5) is 0 Å². The molecule has 6 nitrogen and oxygen atoms in total. The van der Waals surface area contributed by atoms with E-state index in [4.69, 9.17) is 5.11 Å². The molecular formula is C14H27N5O. The Morgan fingerprint density at radius 1 is 1.45 bits per heavy atom. The van der Waals surface area contributed by atoms with E-state index in [9.17, 15) is 0 Å². The predicted molar refractivity (Wildman–Crippen MR) is 78.3 cm³/mol. The van der Waals surface area contributed by atoms with Crippen LogP contribution < -0.4 is 5.32 Å². The number of nitrogens with one attached hydrogen (secondary N) is 1. The smallest absolute Gasteiger partial charge is 0.0964 e. The molecule has 2 N–H and O–H groups in total. The molecule has 1 aliphatic rings. The van der Waals surface area contributed by atoms with Crippen LogP contribution in [0, 0.1) is 0 Å². The Balaban J connectivity index is 1.59. The van der Waals surface area contributed by atoms with Gasteiger partial charge in [-0.05, 0) is 26.3 Å². The van der Waals surface area contributed by atoms with Crippen molar-refractivity contribution in [1.82, 2.24) is 25.2 Å². The molecule has 2 rings (SSSR count). The predicted octanol–water partition coefficient (Wildman–Crippen LogP) is 0.624. The van der Waals surface area contributed by atoms with Crippen molar-refractivity contribution in [2.75, 3.05) is 26.7 Å². The summed E-state index contributed by atoms with van der Waals surface area (Å²) in [5, 5.41) is 20.3. The van der Waals surface area contributed by atoms with Gasteiger partial charge in [0.15, 0.2) is 0 Å². The fourth-order valence-corrected chi connectivity index (χ4v) is 2.76. The van der Waals surface area contributed by atoms with E-state index in [1.165, 1.54) is 25.7 Å². The van der Waals surface area contributed by atoms with Gasteiger partial charge in [0.25, 0.3) is 0 Å². The highest BCUT2D eigenvalue weighted by Crippen LogP contribution is 2.21. The van der Waals surface area contributed by atoms with Gasteiger partial charge in [-0.1, -0.05) is 18.1 Å². The molecule has 20 heavy (non-hydrogen) atoms. The summed E-state index contributed by atoms with van der Waals surface area (Å²) in [6, 6.07) is 0.788. The van der Waals surface area contributed by atoms with Gasteiger partial charge in [0, 0.05) is 45.0 Å². The number of likely N-dealkylation sites (N-methyl/N-ethyl adjacent to an activating group) is 1. The number of nitrogens with zero attached hydrogens (tertiary/aromatic N) is 4. The third-order valence-electron chi connectivity index (χ3n) is 4.03. The number of hydrogen-bond acceptors (Lipinski definition) is 5. The zero-order chi connectivity index (χ0) is 14.2. The van der Waals surface area contributed by atoms with Crippen molar-refractivity contribution in [3.8, 4) is 0 Å². The zero-order valence-corrected chi connectivity index (χ0v) is 12.5. The Morgan fingerprint density at radius 3 is 3.00 bits per heavy atom. The lowest BCUT2D eigenvalue weighted by molar-refractivity contribution is 0.245. The Morgan fingerprint density at radius 2 is 2.25 bits per heavy atom. The normalized spacial score (nSPS) is 16.4. The molecule has 1 saturated carbocycles. The van der Waals surface area contributed by atoms with Gasteiger partial charge in [0.05, 0.1) is 5.69 Å². The van der Waals surface area contributed by atoms with Gasteiger partial charge in [0.1, 0.15) is 0 Å². The number of aliphatic hydroxyl groups is 1. The molecule has 0 unspecified atom stereocenters. The van der Waals surface area contributed by atoms with Crippen molar-refractivity contribution in [2.24, 2.45) is 0 Å². The molecule has 1 heterocycles. The lowest BCUT2D eigenvalue weighted by Gasteiger charge is -2.23. The van der Waals surface area contributed by atoms with Crippen LogP contribution in [-0.4, -0.2) is 57.8 Å². The fraction of sp³-hybridized carbons (Fsp3) is 0.857. The summed E-state index contributed by atoms with van der Waals surface area (Å²) >= 11 is 0. The molecule has 0 atom stereocenters. The zero-order valence-electron chi connectivity index (χ0n) is 12.5. The van der Waals surface area contributed by atoms with Crippen molar-refractivity contribution in [3.63, 3.8) is 0 Å². The number of aliphatic hydroxyl groups excluding tert-OH is 1. The van der Waals surface area contributed by atoms with Crippen molar-refractivity contribution in [3.05, 3.63) is 11.9 Å². The molecule has 0 aromatic carbocycles. The Kier molecular flexibility index (Phi) is 6.42. The van der Waals surface area contributed by atoms with Crippen molar-refractivity contribution < 1.29 is 5.11 Å². The molecule has 1 aromatic rings. The van der Waals surface area contributed by atoms with Crippen LogP contribution >= 0.6 is 0 Å². The molecular weight excluding hydrogens is 254 g/mol. The van der Waals surface area contributed by atoms with E-state index in [1.807, 2.05) is 6.20 Å². The quantitative estimate of drug-likeness (QED) is 0.650. The molecule has 0 amide bonds. The van der Waals surface area contributed by atoms with Gasteiger partial charge in [-0.15, -0.1) is 5.10 Å². The molecule has 0 radical (unpaired) electrons. The molecule has 1 aliphatic carbocycles. The summed E-state index contributed by atoms with van der Waals surface area (Å²) in [5.41, 5.74) is 0.964. The molecule has 0 saturated heterocycles. The van der Waals surface area contributed by atoms with Crippen molar-refractivity contribution in [1.29, 1.82) is 0 Å². The van der Waals surface area contributed by atoms with Gasteiger partial charge in [-0.2, -0.15) is 0 Å². The first kappa shape index (κ1) is 15.4. The van der Waals surface area contributed by atoms with E-state index in [1.54, 1.807) is 4.68 Å². The van der Waals surface area contributed by atoms with Crippen LogP contribution in [0.3, 0.4) is 0 Å².